The molecule has 0 aromatic heterocycles. The van der Waals surface area contributed by atoms with E-state index in [4.69, 9.17) is 4.74 Å². The molecule has 1 aliphatic carbocycles. The number of hydrogen-bond donors (Lipinski definition) is 0. The first-order valence-electron chi connectivity index (χ1n) is 9.45. The molecule has 1 nitrogen and oxygen atoms in total. The highest BCUT2D eigenvalue weighted by Crippen LogP contribution is 3.02. The van der Waals surface area contributed by atoms with Crippen molar-refractivity contribution >= 4 is 10.2 Å². The smallest absolute Gasteiger partial charge is 0.310 e. The third kappa shape index (κ3) is 7.71. The standard InChI is InChI=1S/C20H27F5OS/c1-2-3-4-5-16-26-19-12-8-17(9-13-19)6-7-18-10-14-20(15-11-18)27(21,22,23,24)25/h10-11,14-15,17,19H,2-5,8-9,12-13,16H2,1H3/t17-,19-. The van der Waals surface area contributed by atoms with Crippen LogP contribution in [-0.2, 0) is 4.74 Å². The third-order valence-corrected chi connectivity index (χ3v) is 5.91. The normalized spacial score (nSPS) is 23.0. The minimum absolute atomic E-state index is 0.167. The SMILES string of the molecule is CCCCCCO[C@H]1CC[C@H](C#Cc2ccc(S(F)(F)(F)(F)F)cc2)CC1. The van der Waals surface area contributed by atoms with Crippen molar-refractivity contribution < 1.29 is 24.2 Å². The van der Waals surface area contributed by atoms with Crippen LogP contribution in [0.3, 0.4) is 0 Å². The van der Waals surface area contributed by atoms with Gasteiger partial charge in [0.25, 0.3) is 0 Å². The summed E-state index contributed by atoms with van der Waals surface area (Å²) in [5, 5.41) is 0. The van der Waals surface area contributed by atoms with Gasteiger partial charge in [-0.15, -0.1) is 0 Å². The highest BCUT2D eigenvalue weighted by molar-refractivity contribution is 8.45. The van der Waals surface area contributed by atoms with E-state index < -0.39 is 15.1 Å². The maximum atomic E-state index is 12.7. The molecule has 1 saturated carbocycles. The predicted octanol–water partition coefficient (Wildman–Crippen LogP) is 7.85. The average molecular weight is 410 g/mol. The van der Waals surface area contributed by atoms with Gasteiger partial charge in [0.2, 0.25) is 0 Å². The molecule has 1 fully saturated rings. The Morgan fingerprint density at radius 3 is 2.11 bits per heavy atom. The maximum absolute atomic E-state index is 12.7. The molecular formula is C20H27F5OS. The Morgan fingerprint density at radius 2 is 1.56 bits per heavy atom. The monoisotopic (exact) mass is 410 g/mol. The van der Waals surface area contributed by atoms with Gasteiger partial charge in [0.05, 0.1) is 6.10 Å². The largest absolute Gasteiger partial charge is 0.378 e. The summed E-state index contributed by atoms with van der Waals surface area (Å²) in [5.74, 6) is 6.03. The molecule has 154 valence electrons. The molecule has 0 spiro atoms. The van der Waals surface area contributed by atoms with Gasteiger partial charge in [-0.1, -0.05) is 57.5 Å². The summed E-state index contributed by atoms with van der Waals surface area (Å²) >= 11 is 0. The van der Waals surface area contributed by atoms with Crippen molar-refractivity contribution in [2.75, 3.05) is 6.61 Å². The predicted molar refractivity (Wildman–Crippen MR) is 101 cm³/mol. The van der Waals surface area contributed by atoms with Gasteiger partial charge in [-0.25, -0.2) is 0 Å². The Hall–Kier alpha value is -1.26. The lowest BCUT2D eigenvalue weighted by Crippen LogP contribution is -2.21. The van der Waals surface area contributed by atoms with Gasteiger partial charge in [-0.2, -0.15) is 0 Å². The quantitative estimate of drug-likeness (QED) is 0.253. The van der Waals surface area contributed by atoms with Crippen LogP contribution < -0.4 is 0 Å². The lowest BCUT2D eigenvalue weighted by atomic mass is 9.87. The molecule has 7 heteroatoms. The molecule has 0 saturated heterocycles. The lowest BCUT2D eigenvalue weighted by Gasteiger charge is -2.40. The Labute approximate surface area is 158 Å². The minimum Gasteiger partial charge on any atom is -0.378 e. The van der Waals surface area contributed by atoms with Crippen LogP contribution in [0.1, 0.15) is 63.9 Å². The summed E-state index contributed by atoms with van der Waals surface area (Å²) in [4.78, 5) is -1.88. The zero-order chi connectivity index (χ0) is 20.0. The highest BCUT2D eigenvalue weighted by Gasteiger charge is 2.65. The number of rotatable bonds is 7. The van der Waals surface area contributed by atoms with Crippen molar-refractivity contribution in [2.24, 2.45) is 5.92 Å². The first kappa shape index (κ1) is 22.0. The molecule has 0 N–H and O–H groups in total. The first-order chi connectivity index (χ1) is 12.5. The van der Waals surface area contributed by atoms with Gasteiger partial charge in [0, 0.05) is 18.1 Å². The zero-order valence-corrected chi connectivity index (χ0v) is 16.4. The molecule has 0 unspecified atom stereocenters. The molecule has 1 aromatic rings. The number of hydrogen-bond acceptors (Lipinski definition) is 1. The van der Waals surface area contributed by atoms with E-state index in [1.54, 1.807) is 0 Å². The zero-order valence-electron chi connectivity index (χ0n) is 15.5. The molecule has 0 amide bonds. The van der Waals surface area contributed by atoms with Crippen molar-refractivity contribution in [1.29, 1.82) is 0 Å². The van der Waals surface area contributed by atoms with E-state index in [1.165, 1.54) is 19.3 Å². The lowest BCUT2D eigenvalue weighted by molar-refractivity contribution is 0.0210. The van der Waals surface area contributed by atoms with Crippen LogP contribution in [0.15, 0.2) is 29.2 Å². The maximum Gasteiger partial charge on any atom is 0.310 e. The second-order valence-corrected chi connectivity index (χ2v) is 9.58. The van der Waals surface area contributed by atoms with E-state index in [2.05, 4.69) is 18.8 Å². The number of benzene rings is 1. The van der Waals surface area contributed by atoms with Crippen LogP contribution in [-0.4, -0.2) is 12.7 Å². The van der Waals surface area contributed by atoms with Crippen LogP contribution >= 0.6 is 10.2 Å². The molecule has 0 bridgehead atoms. The van der Waals surface area contributed by atoms with E-state index >= 15 is 0 Å². The second-order valence-electron chi connectivity index (χ2n) is 7.17. The number of halogens is 5. The Kier molecular flexibility index (Phi) is 6.53. The molecule has 0 heterocycles. The summed E-state index contributed by atoms with van der Waals surface area (Å²) in [7, 11) is -9.61. The molecule has 0 aliphatic heterocycles. The summed E-state index contributed by atoms with van der Waals surface area (Å²) in [6, 6.07) is 2.83. The minimum atomic E-state index is -9.61. The highest BCUT2D eigenvalue weighted by atomic mass is 32.5. The van der Waals surface area contributed by atoms with E-state index in [-0.39, 0.29) is 12.0 Å². The van der Waals surface area contributed by atoms with E-state index in [0.717, 1.165) is 50.8 Å². The van der Waals surface area contributed by atoms with E-state index in [0.29, 0.717) is 17.7 Å². The van der Waals surface area contributed by atoms with Crippen LogP contribution in [0, 0.1) is 17.8 Å². The van der Waals surface area contributed by atoms with E-state index in [9.17, 15) is 19.4 Å². The molecule has 0 radical (unpaired) electrons. The topological polar surface area (TPSA) is 9.23 Å². The average Bonchev–Trinajstić information content (AvgIpc) is 2.59. The second kappa shape index (κ2) is 8.00. The Bertz CT molecular complexity index is 664. The van der Waals surface area contributed by atoms with Crippen LogP contribution in [0.5, 0.6) is 0 Å². The Morgan fingerprint density at radius 1 is 0.926 bits per heavy atom. The molecule has 1 aromatic carbocycles. The van der Waals surface area contributed by atoms with Gasteiger partial charge in [-0.3, -0.25) is 0 Å². The van der Waals surface area contributed by atoms with Crippen molar-refractivity contribution in [1.82, 2.24) is 0 Å². The van der Waals surface area contributed by atoms with Crippen molar-refractivity contribution in [3.05, 3.63) is 29.8 Å². The third-order valence-electron chi connectivity index (χ3n) is 4.75. The van der Waals surface area contributed by atoms with Crippen molar-refractivity contribution in [2.45, 2.75) is 69.3 Å². The van der Waals surface area contributed by atoms with Gasteiger partial charge < -0.3 is 4.74 Å². The fraction of sp³-hybridized carbons (Fsp3) is 0.600. The summed E-state index contributed by atoms with van der Waals surface area (Å²) in [6.07, 6.45) is 8.60. The van der Waals surface area contributed by atoms with Gasteiger partial charge in [-0.05, 0) is 56.4 Å². The summed E-state index contributed by atoms with van der Waals surface area (Å²) in [6.45, 7) is 2.96. The Balaban J connectivity index is 1.81. The summed E-state index contributed by atoms with van der Waals surface area (Å²) < 4.78 is 69.4. The first-order valence-corrected chi connectivity index (χ1v) is 11.4. The fourth-order valence-corrected chi connectivity index (χ4v) is 3.78. The van der Waals surface area contributed by atoms with Crippen LogP contribution in [0.2, 0.25) is 0 Å². The van der Waals surface area contributed by atoms with Gasteiger partial charge >= 0.3 is 10.2 Å². The van der Waals surface area contributed by atoms with Crippen LogP contribution in [0.25, 0.3) is 0 Å². The fourth-order valence-electron chi connectivity index (χ4n) is 3.13. The van der Waals surface area contributed by atoms with Crippen molar-refractivity contribution in [3.63, 3.8) is 0 Å². The molecule has 2 rings (SSSR count). The van der Waals surface area contributed by atoms with Crippen LogP contribution in [0.4, 0.5) is 19.4 Å². The number of unbranched alkanes of at least 4 members (excludes halogenated alkanes) is 3. The number of ether oxygens (including phenoxy) is 1. The van der Waals surface area contributed by atoms with Gasteiger partial charge in [0.15, 0.2) is 0 Å². The molecule has 27 heavy (non-hydrogen) atoms. The van der Waals surface area contributed by atoms with E-state index in [1.807, 2.05) is 0 Å². The van der Waals surface area contributed by atoms with Crippen molar-refractivity contribution in [3.8, 4) is 11.8 Å². The van der Waals surface area contributed by atoms with Gasteiger partial charge in [0.1, 0.15) is 4.90 Å². The molecular weight excluding hydrogens is 383 g/mol. The molecule has 1 aliphatic rings. The molecule has 0 atom stereocenters. The summed E-state index contributed by atoms with van der Waals surface area (Å²) in [5.41, 5.74) is 0.315.